The quantitative estimate of drug-likeness (QED) is 0.751. The maximum absolute atomic E-state index is 6.16. The summed E-state index contributed by atoms with van der Waals surface area (Å²) in [5, 5.41) is 3.54. The van der Waals surface area contributed by atoms with E-state index in [0.717, 1.165) is 26.2 Å². The van der Waals surface area contributed by atoms with Gasteiger partial charge in [0.1, 0.15) is 0 Å². The highest BCUT2D eigenvalue weighted by atomic mass is 16.5. The smallest absolute Gasteiger partial charge is 0.0760 e. The highest BCUT2D eigenvalue weighted by Crippen LogP contribution is 2.30. The normalized spacial score (nSPS) is 26.1. The second-order valence-corrected chi connectivity index (χ2v) is 7.45. The van der Waals surface area contributed by atoms with E-state index < -0.39 is 0 Å². The molecular formula is C16H34N2O. The Hall–Kier alpha value is -0.120. The SMILES string of the molecule is CCCNCC(C)C(C)N1CC(C)(C)OC(C)(C)C1. The number of morpholine rings is 1. The zero-order chi connectivity index (χ0) is 14.7. The van der Waals surface area contributed by atoms with Crippen LogP contribution in [0.1, 0.15) is 54.9 Å². The fraction of sp³-hybridized carbons (Fsp3) is 1.00. The summed E-state index contributed by atoms with van der Waals surface area (Å²) in [5.41, 5.74) is -0.0981. The van der Waals surface area contributed by atoms with Crippen LogP contribution in [0.25, 0.3) is 0 Å². The van der Waals surface area contributed by atoms with E-state index in [1.54, 1.807) is 0 Å². The Kier molecular flexibility index (Phi) is 5.84. The van der Waals surface area contributed by atoms with E-state index in [-0.39, 0.29) is 11.2 Å². The van der Waals surface area contributed by atoms with Crippen LogP contribution in [-0.4, -0.2) is 48.3 Å². The first kappa shape index (κ1) is 16.9. The van der Waals surface area contributed by atoms with Gasteiger partial charge < -0.3 is 10.1 Å². The summed E-state index contributed by atoms with van der Waals surface area (Å²) in [6, 6.07) is 0.590. The summed E-state index contributed by atoms with van der Waals surface area (Å²) in [4.78, 5) is 2.60. The summed E-state index contributed by atoms with van der Waals surface area (Å²) in [5.74, 6) is 0.663. The summed E-state index contributed by atoms with van der Waals surface area (Å²) >= 11 is 0. The molecular weight excluding hydrogens is 236 g/mol. The molecule has 1 heterocycles. The molecule has 0 aromatic carbocycles. The second kappa shape index (κ2) is 6.55. The van der Waals surface area contributed by atoms with E-state index in [0.29, 0.717) is 12.0 Å². The Labute approximate surface area is 120 Å². The molecule has 3 heteroatoms. The maximum Gasteiger partial charge on any atom is 0.0760 e. The van der Waals surface area contributed by atoms with Gasteiger partial charge >= 0.3 is 0 Å². The minimum absolute atomic E-state index is 0.0490. The molecule has 0 aromatic heterocycles. The first-order chi connectivity index (χ1) is 8.67. The molecule has 1 saturated heterocycles. The van der Waals surface area contributed by atoms with Crippen LogP contribution in [-0.2, 0) is 4.74 Å². The third-order valence-electron chi connectivity index (χ3n) is 4.01. The van der Waals surface area contributed by atoms with Crippen molar-refractivity contribution in [2.45, 2.75) is 72.1 Å². The third kappa shape index (κ3) is 5.41. The average Bonchev–Trinajstić information content (AvgIpc) is 2.24. The number of rotatable bonds is 6. The largest absolute Gasteiger partial charge is 0.367 e. The molecule has 1 fully saturated rings. The van der Waals surface area contributed by atoms with Crippen molar-refractivity contribution in [3.63, 3.8) is 0 Å². The molecule has 3 nitrogen and oxygen atoms in total. The van der Waals surface area contributed by atoms with E-state index in [1.807, 2.05) is 0 Å². The van der Waals surface area contributed by atoms with Gasteiger partial charge in [-0.3, -0.25) is 4.90 Å². The van der Waals surface area contributed by atoms with E-state index in [1.165, 1.54) is 6.42 Å². The van der Waals surface area contributed by atoms with Gasteiger partial charge in [0.05, 0.1) is 11.2 Å². The van der Waals surface area contributed by atoms with E-state index in [2.05, 4.69) is 58.7 Å². The lowest BCUT2D eigenvalue weighted by Crippen LogP contribution is -2.60. The molecule has 0 saturated carbocycles. The molecule has 0 aliphatic carbocycles. The molecule has 2 atom stereocenters. The molecule has 1 rings (SSSR count). The molecule has 0 amide bonds. The summed E-state index contributed by atoms with van der Waals surface area (Å²) in [6.45, 7) is 20.0. The van der Waals surface area contributed by atoms with Gasteiger partial charge in [-0.1, -0.05) is 13.8 Å². The molecule has 114 valence electrons. The van der Waals surface area contributed by atoms with Gasteiger partial charge in [-0.15, -0.1) is 0 Å². The van der Waals surface area contributed by atoms with Crippen molar-refractivity contribution in [2.75, 3.05) is 26.2 Å². The number of ether oxygens (including phenoxy) is 1. The molecule has 1 aliphatic heterocycles. The first-order valence-corrected chi connectivity index (χ1v) is 7.82. The van der Waals surface area contributed by atoms with Gasteiger partial charge in [-0.05, 0) is 60.0 Å². The van der Waals surface area contributed by atoms with Crippen LogP contribution in [0, 0.1) is 5.92 Å². The standard InChI is InChI=1S/C16H34N2O/c1-8-9-17-10-13(2)14(3)18-11-15(4,5)19-16(6,7)12-18/h13-14,17H,8-12H2,1-7H3. The van der Waals surface area contributed by atoms with Gasteiger partial charge in [0.15, 0.2) is 0 Å². The number of nitrogens with one attached hydrogen (secondary N) is 1. The number of hydrogen-bond acceptors (Lipinski definition) is 3. The zero-order valence-electron chi connectivity index (χ0n) is 14.0. The van der Waals surface area contributed by atoms with Crippen molar-refractivity contribution in [3.05, 3.63) is 0 Å². The monoisotopic (exact) mass is 270 g/mol. The molecule has 2 unspecified atom stereocenters. The van der Waals surface area contributed by atoms with Gasteiger partial charge in [0.25, 0.3) is 0 Å². The van der Waals surface area contributed by atoms with Crippen molar-refractivity contribution < 1.29 is 4.74 Å². The highest BCUT2D eigenvalue weighted by molar-refractivity contribution is 4.92. The van der Waals surface area contributed by atoms with Crippen molar-refractivity contribution in [1.29, 1.82) is 0 Å². The summed E-state index contributed by atoms with van der Waals surface area (Å²) in [7, 11) is 0. The summed E-state index contributed by atoms with van der Waals surface area (Å²) in [6.07, 6.45) is 1.21. The molecule has 0 bridgehead atoms. The molecule has 0 spiro atoms. The van der Waals surface area contributed by atoms with Gasteiger partial charge in [0.2, 0.25) is 0 Å². The zero-order valence-corrected chi connectivity index (χ0v) is 14.0. The highest BCUT2D eigenvalue weighted by Gasteiger charge is 2.40. The van der Waals surface area contributed by atoms with Crippen LogP contribution in [0.5, 0.6) is 0 Å². The Balaban J connectivity index is 2.57. The van der Waals surface area contributed by atoms with Crippen LogP contribution in [0.4, 0.5) is 0 Å². The maximum atomic E-state index is 6.16. The lowest BCUT2D eigenvalue weighted by molar-refractivity contribution is -0.189. The molecule has 19 heavy (non-hydrogen) atoms. The lowest BCUT2D eigenvalue weighted by atomic mass is 9.94. The van der Waals surface area contributed by atoms with Crippen LogP contribution in [0.15, 0.2) is 0 Å². The van der Waals surface area contributed by atoms with Crippen LogP contribution in [0.3, 0.4) is 0 Å². The summed E-state index contributed by atoms with van der Waals surface area (Å²) < 4.78 is 6.16. The lowest BCUT2D eigenvalue weighted by Gasteiger charge is -2.50. The van der Waals surface area contributed by atoms with Crippen molar-refractivity contribution in [1.82, 2.24) is 10.2 Å². The average molecular weight is 270 g/mol. The number of hydrogen-bond donors (Lipinski definition) is 1. The van der Waals surface area contributed by atoms with Crippen molar-refractivity contribution in [2.24, 2.45) is 5.92 Å². The van der Waals surface area contributed by atoms with E-state index in [9.17, 15) is 0 Å². The van der Waals surface area contributed by atoms with Crippen LogP contribution < -0.4 is 5.32 Å². The molecule has 1 aliphatic rings. The fourth-order valence-electron chi connectivity index (χ4n) is 3.17. The van der Waals surface area contributed by atoms with Gasteiger partial charge in [0, 0.05) is 19.1 Å². The topological polar surface area (TPSA) is 24.5 Å². The molecule has 0 radical (unpaired) electrons. The Morgan fingerprint density at radius 3 is 2.11 bits per heavy atom. The minimum atomic E-state index is -0.0490. The predicted octanol–water partition coefficient (Wildman–Crippen LogP) is 2.90. The van der Waals surface area contributed by atoms with Gasteiger partial charge in [-0.25, -0.2) is 0 Å². The first-order valence-electron chi connectivity index (χ1n) is 7.82. The Bertz CT molecular complexity index is 260. The third-order valence-corrected chi connectivity index (χ3v) is 4.01. The Morgan fingerprint density at radius 2 is 1.63 bits per heavy atom. The predicted molar refractivity (Wildman–Crippen MR) is 82.6 cm³/mol. The van der Waals surface area contributed by atoms with E-state index in [4.69, 9.17) is 4.74 Å². The number of nitrogens with zero attached hydrogens (tertiary/aromatic N) is 1. The van der Waals surface area contributed by atoms with Gasteiger partial charge in [-0.2, -0.15) is 0 Å². The van der Waals surface area contributed by atoms with Crippen LogP contribution in [0.2, 0.25) is 0 Å². The van der Waals surface area contributed by atoms with Crippen molar-refractivity contribution in [3.8, 4) is 0 Å². The van der Waals surface area contributed by atoms with Crippen LogP contribution >= 0.6 is 0 Å². The molecule has 1 N–H and O–H groups in total. The molecule has 0 aromatic rings. The van der Waals surface area contributed by atoms with Crippen molar-refractivity contribution >= 4 is 0 Å². The minimum Gasteiger partial charge on any atom is -0.367 e. The van der Waals surface area contributed by atoms with E-state index >= 15 is 0 Å². The fourth-order valence-corrected chi connectivity index (χ4v) is 3.17. The second-order valence-electron chi connectivity index (χ2n) is 7.45. The Morgan fingerprint density at radius 1 is 1.11 bits per heavy atom.